The predicted molar refractivity (Wildman–Crippen MR) is 78.8 cm³/mol. The van der Waals surface area contributed by atoms with E-state index in [-0.39, 0.29) is 6.10 Å². The molecule has 19 heavy (non-hydrogen) atoms. The van der Waals surface area contributed by atoms with E-state index in [0.717, 1.165) is 30.4 Å². The Morgan fingerprint density at radius 2 is 2.16 bits per heavy atom. The number of rotatable bonds is 2. The van der Waals surface area contributed by atoms with Gasteiger partial charge in [-0.05, 0) is 50.4 Å². The molecule has 1 fully saturated rings. The average Bonchev–Trinajstić information content (AvgIpc) is 2.64. The first-order valence-electron chi connectivity index (χ1n) is 7.53. The molecule has 1 aromatic rings. The van der Waals surface area contributed by atoms with Crippen LogP contribution in [0.2, 0.25) is 0 Å². The van der Waals surface area contributed by atoms with Crippen LogP contribution < -0.4 is 10.1 Å². The quantitative estimate of drug-likeness (QED) is 0.884. The molecule has 0 aliphatic carbocycles. The minimum Gasteiger partial charge on any atom is -0.485 e. The Bertz CT molecular complexity index is 421. The number of nitrogens with one attached hydrogen (secondary N) is 1. The first-order chi connectivity index (χ1) is 9.31. The third-order valence-electron chi connectivity index (χ3n) is 4.27. The number of hydrogen-bond donors (Lipinski definition) is 1. The van der Waals surface area contributed by atoms with Gasteiger partial charge in [-0.1, -0.05) is 19.1 Å². The van der Waals surface area contributed by atoms with Gasteiger partial charge in [-0.15, -0.1) is 0 Å². The lowest BCUT2D eigenvalue weighted by Crippen LogP contribution is -2.42. The zero-order chi connectivity index (χ0) is 13.1. The summed E-state index contributed by atoms with van der Waals surface area (Å²) in [4.78, 5) is 2.57. The highest BCUT2D eigenvalue weighted by Crippen LogP contribution is 2.28. The molecular formula is C16H24N2O. The Kier molecular flexibility index (Phi) is 3.92. The first kappa shape index (κ1) is 12.8. The Balaban J connectivity index is 1.57. The molecular weight excluding hydrogens is 236 g/mol. The second-order valence-corrected chi connectivity index (χ2v) is 5.95. The van der Waals surface area contributed by atoms with Crippen molar-refractivity contribution in [2.75, 3.05) is 31.5 Å². The van der Waals surface area contributed by atoms with Crippen molar-refractivity contribution in [2.45, 2.75) is 32.3 Å². The van der Waals surface area contributed by atoms with Crippen molar-refractivity contribution in [2.24, 2.45) is 5.92 Å². The first-order valence-corrected chi connectivity index (χ1v) is 7.53. The van der Waals surface area contributed by atoms with Gasteiger partial charge < -0.3 is 10.1 Å². The fourth-order valence-corrected chi connectivity index (χ4v) is 3.06. The van der Waals surface area contributed by atoms with Crippen LogP contribution in [0.5, 0.6) is 5.75 Å². The van der Waals surface area contributed by atoms with Crippen LogP contribution in [0.1, 0.15) is 26.2 Å². The highest BCUT2D eigenvalue weighted by Gasteiger charge is 2.22. The van der Waals surface area contributed by atoms with Crippen LogP contribution in [0.3, 0.4) is 0 Å². The minimum absolute atomic E-state index is 0.281. The maximum absolute atomic E-state index is 6.10. The minimum atomic E-state index is 0.281. The molecule has 104 valence electrons. The SMILES string of the molecule is CC1CCCN(CC2CNc3ccccc3O2)CC1. The summed E-state index contributed by atoms with van der Waals surface area (Å²) in [5, 5.41) is 3.48. The number of benzene rings is 1. The lowest BCUT2D eigenvalue weighted by atomic mass is 10.0. The molecule has 3 heteroatoms. The maximum atomic E-state index is 6.10. The number of ether oxygens (including phenoxy) is 1. The second kappa shape index (κ2) is 5.83. The van der Waals surface area contributed by atoms with Crippen molar-refractivity contribution in [3.05, 3.63) is 24.3 Å². The van der Waals surface area contributed by atoms with Gasteiger partial charge in [0.05, 0.1) is 12.2 Å². The number of fused-ring (bicyclic) bond motifs is 1. The highest BCUT2D eigenvalue weighted by atomic mass is 16.5. The molecule has 0 bridgehead atoms. The summed E-state index contributed by atoms with van der Waals surface area (Å²) in [7, 11) is 0. The summed E-state index contributed by atoms with van der Waals surface area (Å²) < 4.78 is 6.10. The molecule has 2 aliphatic rings. The van der Waals surface area contributed by atoms with E-state index in [1.807, 2.05) is 12.1 Å². The van der Waals surface area contributed by atoms with Gasteiger partial charge in [0.25, 0.3) is 0 Å². The fourth-order valence-electron chi connectivity index (χ4n) is 3.06. The molecule has 1 N–H and O–H groups in total. The molecule has 0 amide bonds. The van der Waals surface area contributed by atoms with Crippen LogP contribution in [-0.4, -0.2) is 37.2 Å². The van der Waals surface area contributed by atoms with Crippen LogP contribution in [0, 0.1) is 5.92 Å². The number of likely N-dealkylation sites (tertiary alicyclic amines) is 1. The smallest absolute Gasteiger partial charge is 0.142 e. The summed E-state index contributed by atoms with van der Waals surface area (Å²) in [6.45, 7) is 6.80. The lowest BCUT2D eigenvalue weighted by Gasteiger charge is -2.31. The van der Waals surface area contributed by atoms with Crippen LogP contribution in [0.25, 0.3) is 0 Å². The second-order valence-electron chi connectivity index (χ2n) is 5.95. The van der Waals surface area contributed by atoms with Gasteiger partial charge in [-0.2, -0.15) is 0 Å². The Morgan fingerprint density at radius 1 is 1.26 bits per heavy atom. The fraction of sp³-hybridized carbons (Fsp3) is 0.625. The zero-order valence-corrected chi connectivity index (χ0v) is 11.8. The molecule has 1 saturated heterocycles. The molecule has 0 aromatic heterocycles. The van der Waals surface area contributed by atoms with E-state index in [1.54, 1.807) is 0 Å². The molecule has 2 aliphatic heterocycles. The van der Waals surface area contributed by atoms with Gasteiger partial charge >= 0.3 is 0 Å². The molecule has 2 unspecified atom stereocenters. The van der Waals surface area contributed by atoms with E-state index in [9.17, 15) is 0 Å². The van der Waals surface area contributed by atoms with Crippen molar-refractivity contribution in [1.29, 1.82) is 0 Å². The molecule has 0 spiro atoms. The number of nitrogens with zero attached hydrogens (tertiary/aromatic N) is 1. The third kappa shape index (κ3) is 3.21. The largest absolute Gasteiger partial charge is 0.485 e. The summed E-state index contributed by atoms with van der Waals surface area (Å²) in [6, 6.07) is 8.22. The van der Waals surface area contributed by atoms with Crippen molar-refractivity contribution in [3.8, 4) is 5.75 Å². The van der Waals surface area contributed by atoms with Gasteiger partial charge in [0.15, 0.2) is 0 Å². The van der Waals surface area contributed by atoms with E-state index >= 15 is 0 Å². The Labute approximate surface area is 115 Å². The van der Waals surface area contributed by atoms with Gasteiger partial charge in [0.1, 0.15) is 11.9 Å². The summed E-state index contributed by atoms with van der Waals surface area (Å²) in [5.41, 5.74) is 1.13. The Morgan fingerprint density at radius 3 is 3.11 bits per heavy atom. The number of anilines is 1. The van der Waals surface area contributed by atoms with E-state index < -0.39 is 0 Å². The van der Waals surface area contributed by atoms with Gasteiger partial charge in [0, 0.05) is 6.54 Å². The standard InChI is InChI=1S/C16H24N2O/c1-13-5-4-9-18(10-8-13)12-14-11-17-15-6-2-3-7-16(15)19-14/h2-3,6-7,13-14,17H,4-5,8-12H2,1H3. The van der Waals surface area contributed by atoms with E-state index in [0.29, 0.717) is 0 Å². The van der Waals surface area contributed by atoms with Crippen molar-refractivity contribution in [1.82, 2.24) is 4.90 Å². The third-order valence-corrected chi connectivity index (χ3v) is 4.27. The Hall–Kier alpha value is -1.22. The van der Waals surface area contributed by atoms with E-state index in [1.165, 1.54) is 32.4 Å². The van der Waals surface area contributed by atoms with Gasteiger partial charge in [-0.25, -0.2) is 0 Å². The molecule has 0 saturated carbocycles. The van der Waals surface area contributed by atoms with Crippen molar-refractivity contribution in [3.63, 3.8) is 0 Å². The van der Waals surface area contributed by atoms with Crippen LogP contribution in [-0.2, 0) is 0 Å². The zero-order valence-electron chi connectivity index (χ0n) is 11.8. The summed E-state index contributed by atoms with van der Waals surface area (Å²) in [5.74, 6) is 1.89. The normalized spacial score (nSPS) is 27.8. The molecule has 3 rings (SSSR count). The predicted octanol–water partition coefficient (Wildman–Crippen LogP) is 2.98. The van der Waals surface area contributed by atoms with Crippen molar-refractivity contribution >= 4 is 5.69 Å². The van der Waals surface area contributed by atoms with Crippen LogP contribution >= 0.6 is 0 Å². The molecule has 3 nitrogen and oxygen atoms in total. The molecule has 1 aromatic carbocycles. The lowest BCUT2D eigenvalue weighted by molar-refractivity contribution is 0.137. The van der Waals surface area contributed by atoms with Gasteiger partial charge in [-0.3, -0.25) is 4.90 Å². The van der Waals surface area contributed by atoms with Crippen LogP contribution in [0.4, 0.5) is 5.69 Å². The number of hydrogen-bond acceptors (Lipinski definition) is 3. The number of para-hydroxylation sites is 2. The van der Waals surface area contributed by atoms with E-state index in [4.69, 9.17) is 4.74 Å². The monoisotopic (exact) mass is 260 g/mol. The molecule has 2 atom stereocenters. The summed E-state index contributed by atoms with van der Waals surface area (Å²) >= 11 is 0. The topological polar surface area (TPSA) is 24.5 Å². The van der Waals surface area contributed by atoms with Gasteiger partial charge in [0.2, 0.25) is 0 Å². The molecule has 2 heterocycles. The average molecular weight is 260 g/mol. The molecule has 0 radical (unpaired) electrons. The maximum Gasteiger partial charge on any atom is 0.142 e. The van der Waals surface area contributed by atoms with Crippen LogP contribution in [0.15, 0.2) is 24.3 Å². The summed E-state index contributed by atoms with van der Waals surface area (Å²) in [6.07, 6.45) is 4.32. The van der Waals surface area contributed by atoms with Crippen molar-refractivity contribution < 1.29 is 4.74 Å². The highest BCUT2D eigenvalue weighted by molar-refractivity contribution is 5.57. The van der Waals surface area contributed by atoms with E-state index in [2.05, 4.69) is 29.3 Å².